The molecule has 1 saturated carbocycles. The molecule has 0 spiro atoms. The Morgan fingerprint density at radius 2 is 1.89 bits per heavy atom. The molecular weight excluding hydrogens is 454 g/mol. The maximum absolute atomic E-state index is 16.4. The van der Waals surface area contributed by atoms with Crippen molar-refractivity contribution in [2.75, 3.05) is 19.6 Å². The lowest BCUT2D eigenvalue weighted by atomic mass is 9.82. The molecule has 0 aromatic heterocycles. The summed E-state index contributed by atoms with van der Waals surface area (Å²) in [6.07, 6.45) is 7.82. The highest BCUT2D eigenvalue weighted by Gasteiger charge is 2.36. The lowest BCUT2D eigenvalue weighted by molar-refractivity contribution is 0.209. The van der Waals surface area contributed by atoms with E-state index in [0.29, 0.717) is 60.2 Å². The van der Waals surface area contributed by atoms with Crippen molar-refractivity contribution in [1.29, 1.82) is 0 Å². The number of fused-ring (bicyclic) bond motifs is 3. The van der Waals surface area contributed by atoms with Gasteiger partial charge in [0.25, 0.3) is 0 Å². The van der Waals surface area contributed by atoms with Gasteiger partial charge in [0.15, 0.2) is 5.83 Å². The average molecular weight is 491 g/mol. The van der Waals surface area contributed by atoms with Crippen LogP contribution in [0, 0.1) is 18.8 Å². The molecule has 2 bridgehead atoms. The van der Waals surface area contributed by atoms with Crippen LogP contribution < -0.4 is 0 Å². The van der Waals surface area contributed by atoms with Crippen molar-refractivity contribution in [2.45, 2.75) is 65.7 Å². The van der Waals surface area contributed by atoms with Crippen LogP contribution in [-0.4, -0.2) is 43.2 Å². The highest BCUT2D eigenvalue weighted by atomic mass is 19.1. The van der Waals surface area contributed by atoms with E-state index in [1.807, 2.05) is 26.8 Å². The summed E-state index contributed by atoms with van der Waals surface area (Å²) in [6, 6.07) is 4.02. The van der Waals surface area contributed by atoms with Gasteiger partial charge in [0.1, 0.15) is 23.1 Å². The molecule has 2 heterocycles. The van der Waals surface area contributed by atoms with Crippen molar-refractivity contribution in [1.82, 2.24) is 4.90 Å². The largest absolute Gasteiger partial charge is 0.355 e. The Hall–Kier alpha value is -2.89. The second-order valence-corrected chi connectivity index (χ2v) is 10.6. The Labute approximate surface area is 213 Å². The van der Waals surface area contributed by atoms with E-state index in [9.17, 15) is 4.39 Å². The third-order valence-electron chi connectivity index (χ3n) is 8.00. The van der Waals surface area contributed by atoms with Crippen LogP contribution in [-0.2, 0) is 6.42 Å². The number of hydrogen-bond donors (Lipinski definition) is 0. The minimum Gasteiger partial charge on any atom is -0.355 e. The Bertz CT molecular complexity index is 1220. The number of piperidine rings is 1. The number of likely N-dealkylation sites (tertiary alicyclic amines) is 1. The molecule has 2 aliphatic heterocycles. The fourth-order valence-corrected chi connectivity index (χ4v) is 6.44. The molecule has 0 amide bonds. The van der Waals surface area contributed by atoms with Crippen LogP contribution in [0.4, 0.5) is 8.78 Å². The van der Waals surface area contributed by atoms with Gasteiger partial charge in [-0.2, -0.15) is 0 Å². The summed E-state index contributed by atoms with van der Waals surface area (Å²) in [5.74, 6) is 1.42. The van der Waals surface area contributed by atoms with Gasteiger partial charge in [-0.25, -0.2) is 13.8 Å². The molecule has 4 aliphatic rings. The average Bonchev–Trinajstić information content (AvgIpc) is 3.21. The van der Waals surface area contributed by atoms with Gasteiger partial charge in [-0.15, -0.1) is 0 Å². The molecular formula is C30H36F2N4. The third-order valence-corrected chi connectivity index (χ3v) is 8.00. The third kappa shape index (κ3) is 4.39. The van der Waals surface area contributed by atoms with E-state index >= 15 is 4.39 Å². The van der Waals surface area contributed by atoms with Crippen LogP contribution >= 0.6 is 0 Å². The monoisotopic (exact) mass is 490 g/mol. The summed E-state index contributed by atoms with van der Waals surface area (Å²) in [6.45, 7) is 12.1. The van der Waals surface area contributed by atoms with Gasteiger partial charge in [-0.3, -0.25) is 9.98 Å². The molecule has 2 atom stereocenters. The fraction of sp³-hybridized carbons (Fsp3) is 0.500. The number of allylic oxidation sites excluding steroid dienone is 4. The SMILES string of the molecule is C=N/C(=C1/C=NC(c2cc(C)cc3c2C(CC)=C(F)CC3)=C(F)C1=NCCC)N1CC2CCC(C2)C1. The van der Waals surface area contributed by atoms with E-state index in [2.05, 4.69) is 32.7 Å². The zero-order valence-electron chi connectivity index (χ0n) is 21.7. The van der Waals surface area contributed by atoms with Crippen molar-refractivity contribution in [3.8, 4) is 0 Å². The van der Waals surface area contributed by atoms with E-state index in [-0.39, 0.29) is 17.2 Å². The van der Waals surface area contributed by atoms with Crippen LogP contribution in [0.2, 0.25) is 0 Å². The number of hydrogen-bond acceptors (Lipinski definition) is 4. The van der Waals surface area contributed by atoms with Gasteiger partial charge < -0.3 is 4.90 Å². The standard InChI is InChI=1S/C30H36F2N4/c1-5-11-34-29-24(30(33-4)36-16-19-7-8-20(14-19)17-36)15-35-28(27(29)32)23-13-18(3)12-21-9-10-25(31)22(6-2)26(21)23/h12-13,15,19-20H,4-11,14,16-17H2,1-3H3/b30-24+,34-29?. The van der Waals surface area contributed by atoms with Crippen molar-refractivity contribution in [2.24, 2.45) is 26.8 Å². The van der Waals surface area contributed by atoms with E-state index < -0.39 is 5.83 Å². The quantitative estimate of drug-likeness (QED) is 0.387. The molecule has 0 radical (unpaired) electrons. The minimum absolute atomic E-state index is 0.103. The zero-order valence-corrected chi connectivity index (χ0v) is 21.7. The molecule has 6 heteroatoms. The number of rotatable bonds is 6. The van der Waals surface area contributed by atoms with Gasteiger partial charge in [-0.1, -0.05) is 25.5 Å². The number of aryl methyl sites for hydroxylation is 2. The molecule has 1 saturated heterocycles. The first-order valence-electron chi connectivity index (χ1n) is 13.4. The van der Waals surface area contributed by atoms with Gasteiger partial charge in [0, 0.05) is 37.8 Å². The predicted molar refractivity (Wildman–Crippen MR) is 146 cm³/mol. The summed E-state index contributed by atoms with van der Waals surface area (Å²) in [5.41, 5.74) is 5.30. The Kier molecular flexibility index (Phi) is 7.05. The van der Waals surface area contributed by atoms with Gasteiger partial charge in [-0.05, 0) is 86.8 Å². The van der Waals surface area contributed by atoms with Crippen molar-refractivity contribution in [3.63, 3.8) is 0 Å². The van der Waals surface area contributed by atoms with Gasteiger partial charge in [0.2, 0.25) is 0 Å². The van der Waals surface area contributed by atoms with E-state index in [4.69, 9.17) is 0 Å². The maximum atomic E-state index is 16.4. The fourth-order valence-electron chi connectivity index (χ4n) is 6.44. The normalized spacial score (nSPS) is 26.1. The molecule has 36 heavy (non-hydrogen) atoms. The number of aliphatic imine (C=N–C) groups is 3. The summed E-state index contributed by atoms with van der Waals surface area (Å²) in [7, 11) is 0. The second-order valence-electron chi connectivity index (χ2n) is 10.6. The Balaban J connectivity index is 1.65. The molecule has 2 unspecified atom stereocenters. The lowest BCUT2D eigenvalue weighted by Crippen LogP contribution is -2.37. The number of halogens is 2. The van der Waals surface area contributed by atoms with Gasteiger partial charge >= 0.3 is 0 Å². The zero-order chi connectivity index (χ0) is 25.4. The first kappa shape index (κ1) is 24.8. The topological polar surface area (TPSA) is 40.3 Å². The summed E-state index contributed by atoms with van der Waals surface area (Å²) < 4.78 is 31.3. The highest BCUT2D eigenvalue weighted by molar-refractivity contribution is 6.28. The molecule has 1 aromatic rings. The van der Waals surface area contributed by atoms with Crippen LogP contribution in [0.3, 0.4) is 0 Å². The molecule has 1 aromatic carbocycles. The number of benzene rings is 1. The van der Waals surface area contributed by atoms with E-state index in [1.165, 1.54) is 19.3 Å². The van der Waals surface area contributed by atoms with Crippen molar-refractivity contribution >= 4 is 29.9 Å². The Morgan fingerprint density at radius 3 is 2.56 bits per heavy atom. The smallest absolute Gasteiger partial charge is 0.175 e. The van der Waals surface area contributed by atoms with Crippen LogP contribution in [0.15, 0.2) is 50.2 Å². The van der Waals surface area contributed by atoms with Crippen molar-refractivity contribution in [3.05, 3.63) is 57.4 Å². The molecule has 190 valence electrons. The first-order valence-corrected chi connectivity index (χ1v) is 13.4. The molecule has 4 nitrogen and oxygen atoms in total. The molecule has 5 rings (SSSR count). The van der Waals surface area contributed by atoms with Crippen LogP contribution in [0.25, 0.3) is 11.3 Å². The summed E-state index contributed by atoms with van der Waals surface area (Å²) in [5, 5.41) is 0. The number of nitrogens with zero attached hydrogens (tertiary/aromatic N) is 4. The van der Waals surface area contributed by atoms with Crippen LogP contribution in [0.1, 0.15) is 74.6 Å². The van der Waals surface area contributed by atoms with E-state index in [1.54, 1.807) is 6.21 Å². The summed E-state index contributed by atoms with van der Waals surface area (Å²) in [4.78, 5) is 16.0. The maximum Gasteiger partial charge on any atom is 0.175 e. The predicted octanol–water partition coefficient (Wildman–Crippen LogP) is 7.25. The van der Waals surface area contributed by atoms with Crippen LogP contribution in [0.5, 0.6) is 0 Å². The lowest BCUT2D eigenvalue weighted by Gasteiger charge is -2.34. The molecule has 2 fully saturated rings. The highest BCUT2D eigenvalue weighted by Crippen LogP contribution is 2.43. The Morgan fingerprint density at radius 1 is 1.14 bits per heavy atom. The molecule has 0 N–H and O–H groups in total. The first-order chi connectivity index (χ1) is 17.4. The van der Waals surface area contributed by atoms with Gasteiger partial charge in [0.05, 0.1) is 5.57 Å². The molecule has 2 aliphatic carbocycles. The second kappa shape index (κ2) is 10.2. The minimum atomic E-state index is -0.462. The van der Waals surface area contributed by atoms with E-state index in [0.717, 1.165) is 36.2 Å². The summed E-state index contributed by atoms with van der Waals surface area (Å²) >= 11 is 0. The van der Waals surface area contributed by atoms with Crippen molar-refractivity contribution < 1.29 is 8.78 Å².